The molecule has 5 nitrogen and oxygen atoms in total. The van der Waals surface area contributed by atoms with Crippen LogP contribution in [0.2, 0.25) is 0 Å². The van der Waals surface area contributed by atoms with E-state index < -0.39 is 0 Å². The van der Waals surface area contributed by atoms with Gasteiger partial charge in [-0.2, -0.15) is 0 Å². The smallest absolute Gasteiger partial charge is 0.161 e. The van der Waals surface area contributed by atoms with Gasteiger partial charge in [0.15, 0.2) is 11.5 Å². The van der Waals surface area contributed by atoms with Crippen LogP contribution in [-0.2, 0) is 6.54 Å². The van der Waals surface area contributed by atoms with Gasteiger partial charge in [0.2, 0.25) is 0 Å². The van der Waals surface area contributed by atoms with Crippen molar-refractivity contribution in [2.45, 2.75) is 25.4 Å². The minimum Gasteiger partial charge on any atom is -0.497 e. The van der Waals surface area contributed by atoms with E-state index in [0.29, 0.717) is 6.04 Å². The fourth-order valence-electron chi connectivity index (χ4n) is 3.70. The van der Waals surface area contributed by atoms with Crippen molar-refractivity contribution in [2.75, 3.05) is 35.0 Å². The van der Waals surface area contributed by atoms with Crippen LogP contribution < -0.4 is 18.9 Å². The number of rotatable bonds is 7. The predicted molar refractivity (Wildman–Crippen MR) is 109 cm³/mol. The summed E-state index contributed by atoms with van der Waals surface area (Å²) >= 11 is 3.68. The lowest BCUT2D eigenvalue weighted by atomic mass is 10.0. The Morgan fingerprint density at radius 3 is 2.30 bits per heavy atom. The molecule has 1 aliphatic rings. The Morgan fingerprint density at radius 2 is 1.63 bits per heavy atom. The van der Waals surface area contributed by atoms with Crippen LogP contribution in [0.25, 0.3) is 0 Å². The van der Waals surface area contributed by atoms with Crippen LogP contribution >= 0.6 is 15.9 Å². The van der Waals surface area contributed by atoms with Crippen LogP contribution in [0, 0.1) is 0 Å². The zero-order valence-electron chi connectivity index (χ0n) is 16.3. The number of ether oxygens (including phenoxy) is 4. The summed E-state index contributed by atoms with van der Waals surface area (Å²) in [4.78, 5) is 2.48. The maximum absolute atomic E-state index is 5.64. The highest BCUT2D eigenvalue weighted by molar-refractivity contribution is 9.10. The average molecular weight is 436 g/mol. The van der Waals surface area contributed by atoms with Gasteiger partial charge >= 0.3 is 0 Å². The number of benzene rings is 2. The molecule has 0 unspecified atom stereocenters. The average Bonchev–Trinajstić information content (AvgIpc) is 3.16. The van der Waals surface area contributed by atoms with Gasteiger partial charge in [0.05, 0.1) is 28.4 Å². The highest BCUT2D eigenvalue weighted by Gasteiger charge is 2.29. The van der Waals surface area contributed by atoms with Gasteiger partial charge in [-0.3, -0.25) is 4.90 Å². The van der Waals surface area contributed by atoms with Crippen LogP contribution in [0.4, 0.5) is 0 Å². The SMILES string of the molecule is COc1ccc([C@@H]2CCCN2Cc2cc(OC)c(OC)cc2Br)c(OC)c1. The Bertz CT molecular complexity index is 796. The van der Waals surface area contributed by atoms with Crippen LogP contribution in [0.3, 0.4) is 0 Å². The van der Waals surface area contributed by atoms with E-state index in [4.69, 9.17) is 18.9 Å². The third-order valence-corrected chi connectivity index (χ3v) is 5.83. The Labute approximate surface area is 169 Å². The summed E-state index contributed by atoms with van der Waals surface area (Å²) in [6.07, 6.45) is 2.26. The fraction of sp³-hybridized carbons (Fsp3) is 0.429. The van der Waals surface area contributed by atoms with Crippen LogP contribution in [-0.4, -0.2) is 39.9 Å². The number of halogens is 1. The van der Waals surface area contributed by atoms with Crippen molar-refractivity contribution in [1.82, 2.24) is 4.90 Å². The third kappa shape index (κ3) is 4.17. The van der Waals surface area contributed by atoms with E-state index >= 15 is 0 Å². The van der Waals surface area contributed by atoms with E-state index in [1.807, 2.05) is 24.3 Å². The molecule has 2 aromatic rings. The van der Waals surface area contributed by atoms with E-state index in [1.165, 1.54) is 11.1 Å². The summed E-state index contributed by atoms with van der Waals surface area (Å²) in [7, 11) is 6.69. The van der Waals surface area contributed by atoms with E-state index in [1.54, 1.807) is 28.4 Å². The molecule has 27 heavy (non-hydrogen) atoms. The Kier molecular flexibility index (Phi) is 6.50. The first-order valence-electron chi connectivity index (χ1n) is 8.97. The summed E-state index contributed by atoms with van der Waals surface area (Å²) < 4.78 is 22.9. The third-order valence-electron chi connectivity index (χ3n) is 5.09. The monoisotopic (exact) mass is 435 g/mol. The second-order valence-corrected chi connectivity index (χ2v) is 7.39. The molecule has 6 heteroatoms. The number of nitrogens with zero attached hydrogens (tertiary/aromatic N) is 1. The van der Waals surface area contributed by atoms with Crippen molar-refractivity contribution in [1.29, 1.82) is 0 Å². The quantitative estimate of drug-likeness (QED) is 0.623. The largest absolute Gasteiger partial charge is 0.497 e. The van der Waals surface area contributed by atoms with Crippen molar-refractivity contribution < 1.29 is 18.9 Å². The zero-order chi connectivity index (χ0) is 19.4. The molecular weight excluding hydrogens is 410 g/mol. The van der Waals surface area contributed by atoms with E-state index in [0.717, 1.165) is 53.4 Å². The van der Waals surface area contributed by atoms with Crippen molar-refractivity contribution in [3.8, 4) is 23.0 Å². The molecule has 1 aliphatic heterocycles. The molecule has 0 spiro atoms. The molecular formula is C21H26BrNO4. The molecule has 0 bridgehead atoms. The van der Waals surface area contributed by atoms with Gasteiger partial charge in [-0.05, 0) is 43.1 Å². The Hall–Kier alpha value is -1.92. The lowest BCUT2D eigenvalue weighted by Crippen LogP contribution is -2.23. The van der Waals surface area contributed by atoms with Crippen LogP contribution in [0.1, 0.15) is 30.0 Å². The lowest BCUT2D eigenvalue weighted by molar-refractivity contribution is 0.241. The zero-order valence-corrected chi connectivity index (χ0v) is 17.8. The van der Waals surface area contributed by atoms with Crippen LogP contribution in [0.5, 0.6) is 23.0 Å². The minimum absolute atomic E-state index is 0.311. The van der Waals surface area contributed by atoms with Gasteiger partial charge in [-0.25, -0.2) is 0 Å². The number of hydrogen-bond donors (Lipinski definition) is 0. The first-order valence-corrected chi connectivity index (χ1v) is 9.77. The molecule has 0 aliphatic carbocycles. The van der Waals surface area contributed by atoms with Gasteiger partial charge in [0.25, 0.3) is 0 Å². The summed E-state index contributed by atoms with van der Waals surface area (Å²) in [5.41, 5.74) is 2.37. The van der Waals surface area contributed by atoms with Gasteiger partial charge < -0.3 is 18.9 Å². The molecule has 0 amide bonds. The molecule has 2 aromatic carbocycles. The normalized spacial score (nSPS) is 17.0. The summed E-state index contributed by atoms with van der Waals surface area (Å²) in [6.45, 7) is 1.86. The summed E-state index contributed by atoms with van der Waals surface area (Å²) in [5.74, 6) is 3.15. The van der Waals surface area contributed by atoms with Crippen molar-refractivity contribution in [3.05, 3.63) is 45.9 Å². The van der Waals surface area contributed by atoms with Gasteiger partial charge in [-0.1, -0.05) is 22.0 Å². The van der Waals surface area contributed by atoms with Gasteiger partial charge in [-0.15, -0.1) is 0 Å². The molecule has 0 radical (unpaired) electrons. The number of hydrogen-bond acceptors (Lipinski definition) is 5. The Balaban J connectivity index is 1.88. The highest BCUT2D eigenvalue weighted by Crippen LogP contribution is 2.41. The second kappa shape index (κ2) is 8.85. The van der Waals surface area contributed by atoms with Crippen molar-refractivity contribution in [3.63, 3.8) is 0 Å². The topological polar surface area (TPSA) is 40.2 Å². The van der Waals surface area contributed by atoms with Crippen molar-refractivity contribution in [2.24, 2.45) is 0 Å². The highest BCUT2D eigenvalue weighted by atomic mass is 79.9. The number of likely N-dealkylation sites (tertiary alicyclic amines) is 1. The predicted octanol–water partition coefficient (Wildman–Crippen LogP) is 4.82. The Morgan fingerprint density at radius 1 is 0.926 bits per heavy atom. The molecule has 0 aromatic heterocycles. The molecule has 146 valence electrons. The first kappa shape index (κ1) is 19.8. The molecule has 1 fully saturated rings. The van der Waals surface area contributed by atoms with E-state index in [9.17, 15) is 0 Å². The molecule has 0 N–H and O–H groups in total. The van der Waals surface area contributed by atoms with Gasteiger partial charge in [0.1, 0.15) is 11.5 Å². The van der Waals surface area contributed by atoms with Crippen molar-refractivity contribution >= 4 is 15.9 Å². The van der Waals surface area contributed by atoms with Crippen LogP contribution in [0.15, 0.2) is 34.8 Å². The minimum atomic E-state index is 0.311. The molecule has 3 rings (SSSR count). The molecule has 0 saturated carbocycles. The molecule has 1 saturated heterocycles. The molecule has 1 heterocycles. The number of methoxy groups -OCH3 is 4. The lowest BCUT2D eigenvalue weighted by Gasteiger charge is -2.27. The maximum atomic E-state index is 5.64. The first-order chi connectivity index (χ1) is 13.1. The second-order valence-electron chi connectivity index (χ2n) is 6.53. The fourth-order valence-corrected chi connectivity index (χ4v) is 4.15. The summed E-state index contributed by atoms with van der Waals surface area (Å²) in [5, 5.41) is 0. The standard InChI is InChI=1S/C21H26BrNO4/c1-24-15-7-8-16(19(11-15)25-2)18-6-5-9-23(18)13-14-10-20(26-3)21(27-4)12-17(14)22/h7-8,10-12,18H,5-6,9,13H2,1-4H3/t18-/m0/s1. The summed E-state index contributed by atoms with van der Waals surface area (Å²) in [6, 6.07) is 10.4. The molecule has 1 atom stereocenters. The van der Waals surface area contributed by atoms with E-state index in [2.05, 4.69) is 26.9 Å². The van der Waals surface area contributed by atoms with Gasteiger partial charge in [0, 0.05) is 28.7 Å². The maximum Gasteiger partial charge on any atom is 0.161 e. The van der Waals surface area contributed by atoms with E-state index in [-0.39, 0.29) is 0 Å².